The summed E-state index contributed by atoms with van der Waals surface area (Å²) in [6.07, 6.45) is 8.54. The van der Waals surface area contributed by atoms with E-state index in [0.717, 1.165) is 0 Å². The Hall–Kier alpha value is -1.05. The van der Waals surface area contributed by atoms with E-state index in [0.29, 0.717) is 11.8 Å². The Morgan fingerprint density at radius 2 is 1.73 bits per heavy atom. The molecule has 0 radical (unpaired) electrons. The molecule has 4 aliphatic rings. The van der Waals surface area contributed by atoms with Crippen LogP contribution in [0.25, 0.3) is 0 Å². The van der Waals surface area contributed by atoms with Crippen LogP contribution in [0.3, 0.4) is 0 Å². The van der Waals surface area contributed by atoms with Crippen molar-refractivity contribution in [1.82, 2.24) is 5.32 Å². The van der Waals surface area contributed by atoms with Crippen molar-refractivity contribution in [2.24, 2.45) is 17.8 Å². The summed E-state index contributed by atoms with van der Waals surface area (Å²) in [6.45, 7) is 0. The molecule has 1 fully saturated rings. The number of carbonyl (C=O) groups excluding carboxylic acids is 1. The predicted molar refractivity (Wildman–Crippen MR) is 40.7 cm³/mol. The molecule has 2 unspecified atom stereocenters. The first-order valence-electron chi connectivity index (χ1n) is 4.03. The number of fused-ring (bicyclic) bond motifs is 1. The molecule has 2 heteroatoms. The molecule has 1 N–H and O–H groups in total. The molecule has 56 valence electrons. The van der Waals surface area contributed by atoms with Crippen LogP contribution in [0.2, 0.25) is 0 Å². The molecule has 2 aliphatic heterocycles. The van der Waals surface area contributed by atoms with Crippen molar-refractivity contribution in [3.8, 4) is 0 Å². The molecular weight excluding hydrogens is 138 g/mol. The summed E-state index contributed by atoms with van der Waals surface area (Å²) < 4.78 is 0. The zero-order chi connectivity index (χ0) is 7.42. The summed E-state index contributed by atoms with van der Waals surface area (Å²) in [7, 11) is 0. The van der Waals surface area contributed by atoms with Crippen molar-refractivity contribution in [2.75, 3.05) is 0 Å². The summed E-state index contributed by atoms with van der Waals surface area (Å²) in [6, 6.07) is 0.169. The van der Waals surface area contributed by atoms with Crippen LogP contribution in [0.1, 0.15) is 0 Å². The molecule has 0 spiro atoms. The Kier molecular flexibility index (Phi) is 0.799. The average molecular weight is 147 g/mol. The minimum Gasteiger partial charge on any atom is -0.346 e. The molecule has 4 bridgehead atoms. The van der Waals surface area contributed by atoms with Gasteiger partial charge >= 0.3 is 0 Å². The molecule has 0 aromatic heterocycles. The van der Waals surface area contributed by atoms with Crippen LogP contribution in [0.5, 0.6) is 0 Å². The SMILES string of the molecule is O=C1NC2C=CC3C(C=C2)C13. The van der Waals surface area contributed by atoms with Gasteiger partial charge in [-0.3, -0.25) is 4.79 Å². The normalized spacial score (nSPS) is 50.0. The van der Waals surface area contributed by atoms with E-state index in [4.69, 9.17) is 0 Å². The Balaban J connectivity index is 2.11. The van der Waals surface area contributed by atoms with Gasteiger partial charge in [0, 0.05) is 0 Å². The lowest BCUT2D eigenvalue weighted by molar-refractivity contribution is -0.122. The van der Waals surface area contributed by atoms with Crippen molar-refractivity contribution in [3.63, 3.8) is 0 Å². The lowest BCUT2D eigenvalue weighted by Crippen LogP contribution is -2.31. The van der Waals surface area contributed by atoms with Gasteiger partial charge in [-0.15, -0.1) is 0 Å². The van der Waals surface area contributed by atoms with Gasteiger partial charge < -0.3 is 5.32 Å². The monoisotopic (exact) mass is 147 g/mol. The molecule has 11 heavy (non-hydrogen) atoms. The Morgan fingerprint density at radius 3 is 2.36 bits per heavy atom. The maximum absolute atomic E-state index is 11.3. The Labute approximate surface area is 65.0 Å². The van der Waals surface area contributed by atoms with Crippen LogP contribution in [-0.4, -0.2) is 11.9 Å². The van der Waals surface area contributed by atoms with E-state index in [1.165, 1.54) is 0 Å². The van der Waals surface area contributed by atoms with Crippen molar-refractivity contribution < 1.29 is 4.79 Å². The summed E-state index contributed by atoms with van der Waals surface area (Å²) in [5, 5.41) is 2.95. The zero-order valence-corrected chi connectivity index (χ0v) is 6.03. The molecule has 4 rings (SSSR count). The molecule has 2 heterocycles. The van der Waals surface area contributed by atoms with Crippen LogP contribution in [0, 0.1) is 17.8 Å². The van der Waals surface area contributed by atoms with E-state index in [9.17, 15) is 4.79 Å². The third-order valence-electron chi connectivity index (χ3n) is 2.83. The van der Waals surface area contributed by atoms with Crippen LogP contribution in [-0.2, 0) is 4.79 Å². The average Bonchev–Trinajstić information content (AvgIpc) is 2.64. The number of amides is 1. The summed E-state index contributed by atoms with van der Waals surface area (Å²) in [5.74, 6) is 1.52. The quantitative estimate of drug-likeness (QED) is 0.496. The molecule has 2 nitrogen and oxygen atoms in total. The third-order valence-corrected chi connectivity index (χ3v) is 2.83. The van der Waals surface area contributed by atoms with Gasteiger partial charge in [0.15, 0.2) is 0 Å². The first kappa shape index (κ1) is 5.58. The fraction of sp³-hybridized carbons (Fsp3) is 0.444. The molecule has 0 aromatic carbocycles. The van der Waals surface area contributed by atoms with Crippen LogP contribution in [0.4, 0.5) is 0 Å². The van der Waals surface area contributed by atoms with E-state index in [1.54, 1.807) is 0 Å². The molecule has 2 aliphatic carbocycles. The Morgan fingerprint density at radius 1 is 1.09 bits per heavy atom. The van der Waals surface area contributed by atoms with Gasteiger partial charge in [-0.1, -0.05) is 24.3 Å². The second-order valence-corrected chi connectivity index (χ2v) is 3.48. The number of nitrogens with one attached hydrogen (secondary N) is 1. The van der Waals surface area contributed by atoms with Crippen molar-refractivity contribution in [2.45, 2.75) is 6.04 Å². The van der Waals surface area contributed by atoms with E-state index >= 15 is 0 Å². The maximum atomic E-state index is 11.3. The second kappa shape index (κ2) is 1.58. The van der Waals surface area contributed by atoms with Gasteiger partial charge in [-0.05, 0) is 11.8 Å². The van der Waals surface area contributed by atoms with E-state index in [1.807, 2.05) is 0 Å². The highest BCUT2D eigenvalue weighted by molar-refractivity contribution is 5.85. The van der Waals surface area contributed by atoms with Gasteiger partial charge in [0.2, 0.25) is 5.91 Å². The fourth-order valence-corrected chi connectivity index (χ4v) is 2.12. The highest BCUT2D eigenvalue weighted by Crippen LogP contribution is 2.51. The van der Waals surface area contributed by atoms with Gasteiger partial charge in [-0.25, -0.2) is 0 Å². The highest BCUT2D eigenvalue weighted by atomic mass is 16.2. The number of rotatable bonds is 0. The van der Waals surface area contributed by atoms with Crippen LogP contribution < -0.4 is 5.32 Å². The number of carbonyl (C=O) groups is 1. The van der Waals surface area contributed by atoms with Crippen molar-refractivity contribution >= 4 is 5.91 Å². The van der Waals surface area contributed by atoms with E-state index in [-0.39, 0.29) is 17.9 Å². The lowest BCUT2D eigenvalue weighted by atomic mass is 10.2. The highest BCUT2D eigenvalue weighted by Gasteiger charge is 2.53. The van der Waals surface area contributed by atoms with Gasteiger partial charge in [0.25, 0.3) is 0 Å². The van der Waals surface area contributed by atoms with Crippen LogP contribution >= 0.6 is 0 Å². The standard InChI is InChI=1S/C9H9NO/c11-9-8-6-3-1-5(10-9)2-4-7(6)8/h1-8H,(H,10,11). The molecule has 1 amide bonds. The maximum Gasteiger partial charge on any atom is 0.225 e. The Bertz CT molecular complexity index is 259. The minimum atomic E-state index is 0.169. The second-order valence-electron chi connectivity index (χ2n) is 3.48. The topological polar surface area (TPSA) is 29.1 Å². The van der Waals surface area contributed by atoms with E-state index in [2.05, 4.69) is 29.6 Å². The summed E-state index contributed by atoms with van der Waals surface area (Å²) >= 11 is 0. The number of hydrogen-bond acceptors (Lipinski definition) is 1. The van der Waals surface area contributed by atoms with Crippen LogP contribution in [0.15, 0.2) is 24.3 Å². The largest absolute Gasteiger partial charge is 0.346 e. The minimum absolute atomic E-state index is 0.169. The van der Waals surface area contributed by atoms with Gasteiger partial charge in [0.1, 0.15) is 0 Å². The smallest absolute Gasteiger partial charge is 0.225 e. The van der Waals surface area contributed by atoms with Gasteiger partial charge in [0.05, 0.1) is 12.0 Å². The fourth-order valence-electron chi connectivity index (χ4n) is 2.12. The van der Waals surface area contributed by atoms with Crippen molar-refractivity contribution in [3.05, 3.63) is 24.3 Å². The van der Waals surface area contributed by atoms with Crippen molar-refractivity contribution in [1.29, 1.82) is 0 Å². The predicted octanol–water partition coefficient (Wildman–Crippen LogP) is 0.473. The van der Waals surface area contributed by atoms with Gasteiger partial charge in [-0.2, -0.15) is 0 Å². The molecule has 0 saturated heterocycles. The molecule has 2 atom stereocenters. The molecule has 0 aromatic rings. The zero-order valence-electron chi connectivity index (χ0n) is 6.03. The third kappa shape index (κ3) is 0.595. The molecular formula is C9H9NO. The number of allylic oxidation sites excluding steroid dienone is 2. The lowest BCUT2D eigenvalue weighted by Gasteiger charge is -2.05. The summed E-state index contributed by atoms with van der Waals surface area (Å²) in [4.78, 5) is 11.3. The summed E-state index contributed by atoms with van der Waals surface area (Å²) in [5.41, 5.74) is 0. The first-order valence-corrected chi connectivity index (χ1v) is 4.03. The molecule has 1 saturated carbocycles. The number of hydrogen-bond donors (Lipinski definition) is 1. The first-order chi connectivity index (χ1) is 5.36. The van der Waals surface area contributed by atoms with E-state index < -0.39 is 0 Å².